The van der Waals surface area contributed by atoms with Crippen molar-refractivity contribution in [1.29, 1.82) is 0 Å². The van der Waals surface area contributed by atoms with Gasteiger partial charge in [0, 0.05) is 13.1 Å². The molecule has 2 N–H and O–H groups in total. The van der Waals surface area contributed by atoms with Gasteiger partial charge in [0.15, 0.2) is 0 Å². The van der Waals surface area contributed by atoms with Gasteiger partial charge in [-0.15, -0.1) is 0 Å². The highest BCUT2D eigenvalue weighted by Crippen LogP contribution is 2.41. The van der Waals surface area contributed by atoms with Crippen molar-refractivity contribution >= 4 is 0 Å². The highest BCUT2D eigenvalue weighted by molar-refractivity contribution is 5.33. The van der Waals surface area contributed by atoms with Gasteiger partial charge < -0.3 is 10.4 Å². The molecule has 2 rings (SSSR count). The van der Waals surface area contributed by atoms with E-state index in [0.717, 1.165) is 25.3 Å². The molecule has 0 spiro atoms. The molecule has 1 atom stereocenters. The van der Waals surface area contributed by atoms with Gasteiger partial charge in [-0.25, -0.2) is 0 Å². The lowest BCUT2D eigenvalue weighted by molar-refractivity contribution is 0.101. The fourth-order valence-electron chi connectivity index (χ4n) is 2.84. The van der Waals surface area contributed by atoms with Crippen LogP contribution in [0.3, 0.4) is 0 Å². The predicted molar refractivity (Wildman–Crippen MR) is 80.2 cm³/mol. The van der Waals surface area contributed by atoms with Crippen LogP contribution in [-0.4, -0.2) is 17.8 Å². The van der Waals surface area contributed by atoms with Crippen LogP contribution < -0.4 is 5.32 Å². The first-order chi connectivity index (χ1) is 9.26. The molecule has 1 saturated carbocycles. The molecule has 1 aliphatic rings. The van der Waals surface area contributed by atoms with E-state index in [1.165, 1.54) is 24.0 Å². The van der Waals surface area contributed by atoms with Crippen LogP contribution in [0.1, 0.15) is 56.6 Å². The van der Waals surface area contributed by atoms with Gasteiger partial charge in [-0.05, 0) is 35.8 Å². The summed E-state index contributed by atoms with van der Waals surface area (Å²) in [5.74, 6) is 1.22. The maximum atomic E-state index is 10.1. The van der Waals surface area contributed by atoms with Gasteiger partial charge >= 0.3 is 0 Å². The van der Waals surface area contributed by atoms with Crippen molar-refractivity contribution in [3.8, 4) is 0 Å². The largest absolute Gasteiger partial charge is 0.392 e. The average Bonchev–Trinajstić information content (AvgIpc) is 3.25. The first-order valence-corrected chi connectivity index (χ1v) is 7.72. The van der Waals surface area contributed by atoms with Crippen LogP contribution in [0.25, 0.3) is 0 Å². The minimum absolute atomic E-state index is 0.219. The Bertz CT molecular complexity index is 383. The lowest BCUT2D eigenvalue weighted by Gasteiger charge is -2.20. The Kier molecular flexibility index (Phi) is 5.41. The van der Waals surface area contributed by atoms with E-state index < -0.39 is 0 Å². The van der Waals surface area contributed by atoms with E-state index in [4.69, 9.17) is 0 Å². The topological polar surface area (TPSA) is 32.3 Å². The molecular weight excluding hydrogens is 234 g/mol. The number of aliphatic hydroxyl groups is 1. The van der Waals surface area contributed by atoms with Crippen molar-refractivity contribution in [2.75, 3.05) is 6.54 Å². The molecule has 0 bridgehead atoms. The van der Waals surface area contributed by atoms with Crippen LogP contribution in [0.5, 0.6) is 0 Å². The van der Waals surface area contributed by atoms with Gasteiger partial charge in [-0.1, -0.05) is 51.0 Å². The summed E-state index contributed by atoms with van der Waals surface area (Å²) in [6.45, 7) is 5.88. The third-order valence-corrected chi connectivity index (χ3v) is 4.33. The minimum atomic E-state index is -0.219. The van der Waals surface area contributed by atoms with E-state index in [1.807, 2.05) is 0 Å². The Morgan fingerprint density at radius 1 is 1.21 bits per heavy atom. The number of aliphatic hydroxyl groups excluding tert-OH is 1. The summed E-state index contributed by atoms with van der Waals surface area (Å²) < 4.78 is 0. The predicted octanol–water partition coefficient (Wildman–Crippen LogP) is 3.45. The molecule has 2 heteroatoms. The van der Waals surface area contributed by atoms with Crippen LogP contribution in [0, 0.1) is 5.92 Å². The monoisotopic (exact) mass is 261 g/mol. The van der Waals surface area contributed by atoms with E-state index in [0.29, 0.717) is 12.5 Å². The molecule has 1 aliphatic carbocycles. The van der Waals surface area contributed by atoms with Crippen molar-refractivity contribution in [2.45, 2.75) is 58.1 Å². The highest BCUT2D eigenvalue weighted by Gasteiger charge is 2.25. The van der Waals surface area contributed by atoms with Gasteiger partial charge in [0.25, 0.3) is 0 Å². The third kappa shape index (κ3) is 4.05. The van der Waals surface area contributed by atoms with Gasteiger partial charge in [-0.3, -0.25) is 0 Å². The summed E-state index contributed by atoms with van der Waals surface area (Å²) in [5, 5.41) is 13.5. The summed E-state index contributed by atoms with van der Waals surface area (Å²) >= 11 is 0. The summed E-state index contributed by atoms with van der Waals surface area (Å²) in [4.78, 5) is 0. The molecule has 106 valence electrons. The van der Waals surface area contributed by atoms with Crippen LogP contribution in [0.15, 0.2) is 24.3 Å². The molecule has 1 aromatic rings. The molecule has 0 radical (unpaired) electrons. The van der Waals surface area contributed by atoms with E-state index in [1.54, 1.807) is 0 Å². The number of hydrogen-bond donors (Lipinski definition) is 2. The maximum Gasteiger partial charge on any atom is 0.0692 e. The van der Waals surface area contributed by atoms with Gasteiger partial charge in [0.2, 0.25) is 0 Å². The van der Waals surface area contributed by atoms with Gasteiger partial charge in [0.1, 0.15) is 0 Å². The van der Waals surface area contributed by atoms with Crippen molar-refractivity contribution in [3.63, 3.8) is 0 Å². The van der Waals surface area contributed by atoms with Crippen LogP contribution in [0.2, 0.25) is 0 Å². The van der Waals surface area contributed by atoms with E-state index >= 15 is 0 Å². The van der Waals surface area contributed by atoms with E-state index in [-0.39, 0.29) is 6.10 Å². The molecule has 0 amide bonds. The standard InChI is InChI=1S/C17H27NO/c1-3-13(4-2)17(19)12-18-11-15-7-5-6-8-16(15)14-9-10-14/h5-8,13-14,17-19H,3-4,9-12H2,1-2H3. The number of nitrogens with one attached hydrogen (secondary N) is 1. The molecule has 0 aromatic heterocycles. The first kappa shape index (κ1) is 14.5. The molecule has 1 aromatic carbocycles. The number of rotatable bonds is 8. The second-order valence-corrected chi connectivity index (χ2v) is 5.75. The van der Waals surface area contributed by atoms with Crippen molar-refractivity contribution in [1.82, 2.24) is 5.32 Å². The second-order valence-electron chi connectivity index (χ2n) is 5.75. The lowest BCUT2D eigenvalue weighted by atomic mass is 9.96. The Morgan fingerprint density at radius 2 is 1.89 bits per heavy atom. The minimum Gasteiger partial charge on any atom is -0.392 e. The van der Waals surface area contributed by atoms with Crippen LogP contribution in [-0.2, 0) is 6.54 Å². The molecule has 0 heterocycles. The molecule has 1 unspecified atom stereocenters. The molecular formula is C17H27NO. The molecule has 2 nitrogen and oxygen atoms in total. The summed E-state index contributed by atoms with van der Waals surface area (Å²) in [7, 11) is 0. The fourth-order valence-corrected chi connectivity index (χ4v) is 2.84. The van der Waals surface area contributed by atoms with E-state index in [9.17, 15) is 5.11 Å². The zero-order chi connectivity index (χ0) is 13.7. The summed E-state index contributed by atoms with van der Waals surface area (Å²) in [6.07, 6.45) is 4.57. The normalized spacial score (nSPS) is 16.8. The fraction of sp³-hybridized carbons (Fsp3) is 0.647. The quantitative estimate of drug-likeness (QED) is 0.751. The molecule has 0 aliphatic heterocycles. The van der Waals surface area contributed by atoms with Crippen molar-refractivity contribution < 1.29 is 5.11 Å². The average molecular weight is 261 g/mol. The third-order valence-electron chi connectivity index (χ3n) is 4.33. The SMILES string of the molecule is CCC(CC)C(O)CNCc1ccccc1C1CC1. The second kappa shape index (κ2) is 7.06. The Labute approximate surface area is 117 Å². The van der Waals surface area contributed by atoms with Crippen molar-refractivity contribution in [2.24, 2.45) is 5.92 Å². The summed E-state index contributed by atoms with van der Waals surface area (Å²) in [5.41, 5.74) is 2.91. The van der Waals surface area contributed by atoms with Crippen LogP contribution in [0.4, 0.5) is 0 Å². The van der Waals surface area contributed by atoms with Gasteiger partial charge in [-0.2, -0.15) is 0 Å². The Hall–Kier alpha value is -0.860. The number of benzene rings is 1. The molecule has 1 fully saturated rings. The highest BCUT2D eigenvalue weighted by atomic mass is 16.3. The van der Waals surface area contributed by atoms with E-state index in [2.05, 4.69) is 43.4 Å². The summed E-state index contributed by atoms with van der Waals surface area (Å²) in [6, 6.07) is 8.71. The Morgan fingerprint density at radius 3 is 2.53 bits per heavy atom. The van der Waals surface area contributed by atoms with Crippen LogP contribution >= 0.6 is 0 Å². The molecule has 0 saturated heterocycles. The zero-order valence-electron chi connectivity index (χ0n) is 12.2. The smallest absolute Gasteiger partial charge is 0.0692 e. The first-order valence-electron chi connectivity index (χ1n) is 7.72. The zero-order valence-corrected chi connectivity index (χ0v) is 12.2. The Balaban J connectivity index is 1.82. The van der Waals surface area contributed by atoms with Crippen molar-refractivity contribution in [3.05, 3.63) is 35.4 Å². The lowest BCUT2D eigenvalue weighted by Crippen LogP contribution is -2.32. The van der Waals surface area contributed by atoms with Gasteiger partial charge in [0.05, 0.1) is 6.10 Å². The maximum absolute atomic E-state index is 10.1. The molecule has 19 heavy (non-hydrogen) atoms. The number of hydrogen-bond acceptors (Lipinski definition) is 2.